The smallest absolute Gasteiger partial charge is 0.318 e. The van der Waals surface area contributed by atoms with Crippen LogP contribution in [0.15, 0.2) is 28.9 Å². The molecule has 3 heterocycles. The quantitative estimate of drug-likeness (QED) is 0.898. The van der Waals surface area contributed by atoms with Crippen LogP contribution in [0, 0.1) is 5.92 Å². The third-order valence-electron chi connectivity index (χ3n) is 4.69. The maximum absolute atomic E-state index is 12.4. The zero-order chi connectivity index (χ0) is 16.5. The van der Waals surface area contributed by atoms with Crippen LogP contribution >= 0.6 is 0 Å². The number of nitrogens with one attached hydrogen (secondary N) is 1. The number of urea groups is 1. The third-order valence-corrected chi connectivity index (χ3v) is 4.69. The summed E-state index contributed by atoms with van der Waals surface area (Å²) in [5.74, 6) is 1.09. The van der Waals surface area contributed by atoms with Crippen LogP contribution in [0.1, 0.15) is 42.5 Å². The van der Waals surface area contributed by atoms with Crippen molar-refractivity contribution in [2.45, 2.75) is 45.0 Å². The number of aryl methyl sites for hydroxylation is 1. The number of carbonyl (C=O) groups excluding carboxylic acids is 1. The van der Waals surface area contributed by atoms with Crippen LogP contribution in [-0.4, -0.2) is 32.4 Å². The molecule has 24 heavy (non-hydrogen) atoms. The van der Waals surface area contributed by atoms with Gasteiger partial charge in [0.05, 0.1) is 30.7 Å². The highest BCUT2D eigenvalue weighted by Crippen LogP contribution is 2.40. The van der Waals surface area contributed by atoms with Gasteiger partial charge in [-0.1, -0.05) is 0 Å². The number of hydrogen-bond acceptors (Lipinski definition) is 4. The molecule has 7 nitrogen and oxygen atoms in total. The molecule has 1 aliphatic heterocycles. The first-order chi connectivity index (χ1) is 11.7. The highest BCUT2D eigenvalue weighted by molar-refractivity contribution is 5.74. The van der Waals surface area contributed by atoms with Crippen molar-refractivity contribution in [2.75, 3.05) is 6.54 Å². The van der Waals surface area contributed by atoms with Gasteiger partial charge in [-0.25, -0.2) is 4.79 Å². The predicted octanol–water partition coefficient (Wildman–Crippen LogP) is 2.04. The Morgan fingerprint density at radius 3 is 3.08 bits per heavy atom. The standard InChI is InChI=1S/C17H22N4O3/c22-16(12-4-5-12)15-9-13-11-20(6-2-7-21(13)19-15)17(23)18-10-14-3-1-8-24-14/h1,3,8-9,12,16,22H,2,4-7,10-11H2,(H,18,23). The molecule has 128 valence electrons. The lowest BCUT2D eigenvalue weighted by atomic mass is 10.1. The molecule has 0 aromatic carbocycles. The summed E-state index contributed by atoms with van der Waals surface area (Å²) in [4.78, 5) is 14.2. The number of fused-ring (bicyclic) bond motifs is 1. The van der Waals surface area contributed by atoms with Gasteiger partial charge in [0, 0.05) is 13.1 Å². The van der Waals surface area contributed by atoms with Gasteiger partial charge >= 0.3 is 6.03 Å². The van der Waals surface area contributed by atoms with Gasteiger partial charge in [0.25, 0.3) is 0 Å². The second-order valence-corrected chi connectivity index (χ2v) is 6.58. The van der Waals surface area contributed by atoms with Crippen molar-refractivity contribution in [3.63, 3.8) is 0 Å². The molecule has 2 aliphatic rings. The van der Waals surface area contributed by atoms with Crippen LogP contribution in [-0.2, 0) is 19.6 Å². The maximum atomic E-state index is 12.4. The Balaban J connectivity index is 1.42. The number of amides is 2. The van der Waals surface area contributed by atoms with Crippen molar-refractivity contribution >= 4 is 6.03 Å². The average molecular weight is 330 g/mol. The topological polar surface area (TPSA) is 83.5 Å². The number of rotatable bonds is 4. The molecule has 2 aromatic rings. The minimum atomic E-state index is -0.467. The SMILES string of the molecule is O=C(NCc1ccco1)N1CCCn2nc(C(O)C3CC3)cc2C1. The Morgan fingerprint density at radius 1 is 1.46 bits per heavy atom. The molecular weight excluding hydrogens is 308 g/mol. The van der Waals surface area contributed by atoms with Crippen LogP contribution in [0.4, 0.5) is 4.79 Å². The molecule has 0 saturated heterocycles. The molecule has 2 amide bonds. The summed E-state index contributed by atoms with van der Waals surface area (Å²) in [5, 5.41) is 17.7. The largest absolute Gasteiger partial charge is 0.467 e. The molecule has 0 radical (unpaired) electrons. The van der Waals surface area contributed by atoms with Crippen LogP contribution in [0.5, 0.6) is 0 Å². The summed E-state index contributed by atoms with van der Waals surface area (Å²) >= 11 is 0. The Labute approximate surface area is 140 Å². The summed E-state index contributed by atoms with van der Waals surface area (Å²) in [6.45, 7) is 2.35. The lowest BCUT2D eigenvalue weighted by Crippen LogP contribution is -2.39. The van der Waals surface area contributed by atoms with E-state index in [1.165, 1.54) is 0 Å². The molecular formula is C17H22N4O3. The molecule has 1 unspecified atom stereocenters. The zero-order valence-corrected chi connectivity index (χ0v) is 13.5. The Hall–Kier alpha value is -2.28. The summed E-state index contributed by atoms with van der Waals surface area (Å²) in [5.41, 5.74) is 1.72. The van der Waals surface area contributed by atoms with E-state index in [4.69, 9.17) is 4.42 Å². The monoisotopic (exact) mass is 330 g/mol. The fraction of sp³-hybridized carbons (Fsp3) is 0.529. The molecule has 4 rings (SSSR count). The van der Waals surface area contributed by atoms with Crippen LogP contribution in [0.25, 0.3) is 0 Å². The highest BCUT2D eigenvalue weighted by Gasteiger charge is 2.33. The van der Waals surface area contributed by atoms with E-state index in [1.807, 2.05) is 16.8 Å². The van der Waals surface area contributed by atoms with Crippen molar-refractivity contribution in [2.24, 2.45) is 5.92 Å². The summed E-state index contributed by atoms with van der Waals surface area (Å²) in [6, 6.07) is 5.48. The van der Waals surface area contributed by atoms with E-state index in [0.29, 0.717) is 25.6 Å². The third kappa shape index (κ3) is 3.17. The fourth-order valence-corrected chi connectivity index (χ4v) is 3.14. The Kier molecular flexibility index (Phi) is 4.02. The van der Waals surface area contributed by atoms with Crippen molar-refractivity contribution < 1.29 is 14.3 Å². The van der Waals surface area contributed by atoms with Crippen LogP contribution in [0.3, 0.4) is 0 Å². The molecule has 7 heteroatoms. The second-order valence-electron chi connectivity index (χ2n) is 6.58. The van der Waals surface area contributed by atoms with Crippen molar-refractivity contribution in [3.8, 4) is 0 Å². The molecule has 2 N–H and O–H groups in total. The number of nitrogens with zero attached hydrogens (tertiary/aromatic N) is 3. The van der Waals surface area contributed by atoms with Crippen molar-refractivity contribution in [1.29, 1.82) is 0 Å². The molecule has 1 aliphatic carbocycles. The Bertz CT molecular complexity index is 705. The average Bonchev–Trinajstić information content (AvgIpc) is 3.23. The van der Waals surface area contributed by atoms with Gasteiger partial charge < -0.3 is 19.7 Å². The van der Waals surface area contributed by atoms with Gasteiger partial charge in [-0.15, -0.1) is 0 Å². The number of aromatic nitrogens is 2. The zero-order valence-electron chi connectivity index (χ0n) is 13.5. The van der Waals surface area contributed by atoms with Gasteiger partial charge in [-0.3, -0.25) is 4.68 Å². The van der Waals surface area contributed by atoms with E-state index in [-0.39, 0.29) is 6.03 Å². The number of carbonyl (C=O) groups is 1. The van der Waals surface area contributed by atoms with Gasteiger partial charge in [0.2, 0.25) is 0 Å². The van der Waals surface area contributed by atoms with Crippen molar-refractivity contribution in [1.82, 2.24) is 20.0 Å². The number of aliphatic hydroxyl groups excluding tert-OH is 1. The second kappa shape index (κ2) is 6.32. The molecule has 1 atom stereocenters. The van der Waals surface area contributed by atoms with Gasteiger partial charge in [0.1, 0.15) is 11.9 Å². The Morgan fingerprint density at radius 2 is 2.33 bits per heavy atom. The van der Waals surface area contributed by atoms with Gasteiger partial charge in [0.15, 0.2) is 0 Å². The number of aliphatic hydroxyl groups is 1. The fourth-order valence-electron chi connectivity index (χ4n) is 3.14. The van der Waals surface area contributed by atoms with E-state index in [9.17, 15) is 9.90 Å². The van der Waals surface area contributed by atoms with E-state index < -0.39 is 6.10 Å². The molecule has 0 bridgehead atoms. The molecule has 1 saturated carbocycles. The summed E-state index contributed by atoms with van der Waals surface area (Å²) < 4.78 is 7.17. The molecule has 2 aromatic heterocycles. The van der Waals surface area contributed by atoms with Crippen LogP contribution < -0.4 is 5.32 Å². The van der Waals surface area contributed by atoms with E-state index in [1.54, 1.807) is 17.2 Å². The first-order valence-electron chi connectivity index (χ1n) is 8.50. The maximum Gasteiger partial charge on any atom is 0.318 e. The first kappa shape index (κ1) is 15.3. The van der Waals surface area contributed by atoms with E-state index in [2.05, 4.69) is 10.4 Å². The minimum Gasteiger partial charge on any atom is -0.467 e. The lowest BCUT2D eigenvalue weighted by molar-refractivity contribution is 0.148. The van der Waals surface area contributed by atoms with E-state index >= 15 is 0 Å². The molecule has 1 fully saturated rings. The summed E-state index contributed by atoms with van der Waals surface area (Å²) in [7, 11) is 0. The minimum absolute atomic E-state index is 0.106. The highest BCUT2D eigenvalue weighted by atomic mass is 16.3. The van der Waals surface area contributed by atoms with Crippen LogP contribution in [0.2, 0.25) is 0 Å². The summed E-state index contributed by atoms with van der Waals surface area (Å²) in [6.07, 6.45) is 4.13. The normalized spacial score (nSPS) is 18.8. The van der Waals surface area contributed by atoms with Crippen molar-refractivity contribution in [3.05, 3.63) is 41.6 Å². The van der Waals surface area contributed by atoms with E-state index in [0.717, 1.165) is 43.0 Å². The van der Waals surface area contributed by atoms with Gasteiger partial charge in [-0.2, -0.15) is 5.10 Å². The first-order valence-corrected chi connectivity index (χ1v) is 8.50. The number of hydrogen-bond donors (Lipinski definition) is 2. The van der Waals surface area contributed by atoms with Gasteiger partial charge in [-0.05, 0) is 43.4 Å². The lowest BCUT2D eigenvalue weighted by Gasteiger charge is -2.20. The predicted molar refractivity (Wildman–Crippen MR) is 85.9 cm³/mol. The number of furan rings is 1. The molecule has 0 spiro atoms.